The number of carbonyl (C=O) groups is 2. The lowest BCUT2D eigenvalue weighted by Crippen LogP contribution is -2.56. The summed E-state index contributed by atoms with van der Waals surface area (Å²) in [6, 6.07) is 15.8. The van der Waals surface area contributed by atoms with E-state index in [2.05, 4.69) is 25.5 Å². The molecule has 1 aromatic heterocycles. The van der Waals surface area contributed by atoms with E-state index in [0.29, 0.717) is 13.0 Å². The Morgan fingerprint density at radius 2 is 1.78 bits per heavy atom. The zero-order chi connectivity index (χ0) is 26.8. The maximum absolute atomic E-state index is 13.1. The van der Waals surface area contributed by atoms with Gasteiger partial charge in [0.1, 0.15) is 18.7 Å². The molecule has 3 atom stereocenters. The summed E-state index contributed by atoms with van der Waals surface area (Å²) in [6.45, 7) is 4.13. The van der Waals surface area contributed by atoms with Gasteiger partial charge in [-0.3, -0.25) is 10.6 Å². The highest BCUT2D eigenvalue weighted by Gasteiger charge is 2.30. The summed E-state index contributed by atoms with van der Waals surface area (Å²) < 4.78 is 6.31. The highest BCUT2D eigenvalue weighted by Crippen LogP contribution is 2.12. The molecule has 0 spiro atoms. The van der Waals surface area contributed by atoms with Gasteiger partial charge in [-0.15, -0.1) is 0 Å². The molecule has 0 aliphatic carbocycles. The van der Waals surface area contributed by atoms with Gasteiger partial charge in [0, 0.05) is 13.1 Å². The van der Waals surface area contributed by atoms with Gasteiger partial charge in [0.15, 0.2) is 0 Å². The average molecular weight is 510 g/mol. The fourth-order valence-corrected chi connectivity index (χ4v) is 3.91. The van der Waals surface area contributed by atoms with E-state index in [-0.39, 0.29) is 12.5 Å². The number of aliphatic hydroxyl groups is 1. The van der Waals surface area contributed by atoms with Crippen LogP contribution < -0.4 is 16.5 Å². The molecule has 0 saturated heterocycles. The van der Waals surface area contributed by atoms with Crippen molar-refractivity contribution < 1.29 is 19.4 Å². The number of hydrazine groups is 1. The van der Waals surface area contributed by atoms with Gasteiger partial charge in [-0.1, -0.05) is 56.3 Å². The molecule has 2 amide bonds. The molecule has 0 bridgehead atoms. The summed E-state index contributed by atoms with van der Waals surface area (Å²) >= 11 is 0. The van der Waals surface area contributed by atoms with E-state index < -0.39 is 30.2 Å². The standard InChI is InChI=1S/C26H35N7O4/c1-18(2)24(31-26(36)37-3)25(35)30-22(13-19-7-5-4-6-8-19)23(34)15-32(27)14-20-9-11-21(12-10-20)33-17-28-16-29-33/h4-12,16-18,22-24,34H,13-15,27H2,1-3H3,(H,30,35)(H,31,36)/t22?,23?,24-/m0/s1. The van der Waals surface area contributed by atoms with Crippen molar-refractivity contribution in [2.75, 3.05) is 13.7 Å². The Labute approximate surface area is 216 Å². The Morgan fingerprint density at radius 1 is 1.08 bits per heavy atom. The molecule has 0 aliphatic heterocycles. The molecule has 3 rings (SSSR count). The topological polar surface area (TPSA) is 148 Å². The zero-order valence-electron chi connectivity index (χ0n) is 21.3. The van der Waals surface area contributed by atoms with Crippen LogP contribution in [0.4, 0.5) is 4.79 Å². The van der Waals surface area contributed by atoms with Gasteiger partial charge in [0.2, 0.25) is 5.91 Å². The molecule has 0 aliphatic rings. The second kappa shape index (κ2) is 13.5. The summed E-state index contributed by atoms with van der Waals surface area (Å²) in [6.07, 6.45) is 1.80. The van der Waals surface area contributed by atoms with Crippen molar-refractivity contribution in [2.45, 2.75) is 45.0 Å². The van der Waals surface area contributed by atoms with Crippen LogP contribution >= 0.6 is 0 Å². The van der Waals surface area contributed by atoms with Gasteiger partial charge in [0.25, 0.3) is 0 Å². The van der Waals surface area contributed by atoms with E-state index in [1.165, 1.54) is 18.4 Å². The number of alkyl carbamates (subject to hydrolysis) is 1. The molecule has 11 heteroatoms. The van der Waals surface area contributed by atoms with Crippen molar-refractivity contribution in [1.29, 1.82) is 0 Å². The predicted molar refractivity (Wildman–Crippen MR) is 138 cm³/mol. The molecule has 3 aromatic rings. The number of hydrogen-bond acceptors (Lipinski definition) is 8. The molecule has 0 radical (unpaired) electrons. The third-order valence-corrected chi connectivity index (χ3v) is 5.93. The molecule has 2 unspecified atom stereocenters. The second-order valence-electron chi connectivity index (χ2n) is 9.17. The summed E-state index contributed by atoms with van der Waals surface area (Å²) in [7, 11) is 1.24. The fourth-order valence-electron chi connectivity index (χ4n) is 3.91. The minimum absolute atomic E-state index is 0.110. The maximum atomic E-state index is 13.1. The first-order chi connectivity index (χ1) is 17.8. The van der Waals surface area contributed by atoms with Gasteiger partial charge >= 0.3 is 6.09 Å². The molecular formula is C26H35N7O4. The van der Waals surface area contributed by atoms with Crippen molar-refractivity contribution in [2.24, 2.45) is 11.8 Å². The van der Waals surface area contributed by atoms with E-state index in [1.54, 1.807) is 11.0 Å². The van der Waals surface area contributed by atoms with Crippen LogP contribution in [0.3, 0.4) is 0 Å². The molecular weight excluding hydrogens is 474 g/mol. The molecule has 11 nitrogen and oxygen atoms in total. The molecule has 0 saturated carbocycles. The van der Waals surface area contributed by atoms with Crippen LogP contribution in [0.5, 0.6) is 0 Å². The van der Waals surface area contributed by atoms with Crippen LogP contribution in [0.2, 0.25) is 0 Å². The molecule has 37 heavy (non-hydrogen) atoms. The average Bonchev–Trinajstić information content (AvgIpc) is 3.42. The van der Waals surface area contributed by atoms with Gasteiger partial charge < -0.3 is 20.5 Å². The first-order valence-electron chi connectivity index (χ1n) is 12.1. The summed E-state index contributed by atoms with van der Waals surface area (Å²) in [4.78, 5) is 28.8. The van der Waals surface area contributed by atoms with Gasteiger partial charge in [-0.25, -0.2) is 19.5 Å². The minimum Gasteiger partial charge on any atom is -0.453 e. The lowest BCUT2D eigenvalue weighted by molar-refractivity contribution is -0.125. The Balaban J connectivity index is 1.67. The van der Waals surface area contributed by atoms with Crippen LogP contribution in [-0.4, -0.2) is 68.7 Å². The van der Waals surface area contributed by atoms with Crippen molar-refractivity contribution in [1.82, 2.24) is 30.4 Å². The van der Waals surface area contributed by atoms with Crippen molar-refractivity contribution in [3.8, 4) is 5.69 Å². The first kappa shape index (κ1) is 27.8. The zero-order valence-corrected chi connectivity index (χ0v) is 21.3. The third kappa shape index (κ3) is 8.38. The van der Waals surface area contributed by atoms with E-state index in [4.69, 9.17) is 5.84 Å². The first-order valence-corrected chi connectivity index (χ1v) is 12.1. The largest absolute Gasteiger partial charge is 0.453 e. The SMILES string of the molecule is COC(=O)N[C@H](C(=O)NC(Cc1ccccc1)C(O)CN(N)Cc1ccc(-n2cncn2)cc1)C(C)C. The van der Waals surface area contributed by atoms with Gasteiger partial charge in [-0.05, 0) is 35.6 Å². The highest BCUT2D eigenvalue weighted by atomic mass is 16.5. The van der Waals surface area contributed by atoms with E-state index >= 15 is 0 Å². The fraction of sp³-hybridized carbons (Fsp3) is 0.385. The molecule has 5 N–H and O–H groups in total. The summed E-state index contributed by atoms with van der Waals surface area (Å²) in [5, 5.41) is 22.2. The smallest absolute Gasteiger partial charge is 0.407 e. The van der Waals surface area contributed by atoms with Crippen LogP contribution in [0.25, 0.3) is 5.69 Å². The lowest BCUT2D eigenvalue weighted by atomic mass is 9.98. The van der Waals surface area contributed by atoms with Crippen LogP contribution in [0.1, 0.15) is 25.0 Å². The van der Waals surface area contributed by atoms with Crippen molar-refractivity contribution >= 4 is 12.0 Å². The number of nitrogens with zero attached hydrogens (tertiary/aromatic N) is 4. The summed E-state index contributed by atoms with van der Waals surface area (Å²) in [5.41, 5.74) is 2.77. The monoisotopic (exact) mass is 509 g/mol. The number of amides is 2. The number of rotatable bonds is 12. The molecule has 2 aromatic carbocycles. The minimum atomic E-state index is -0.977. The maximum Gasteiger partial charge on any atom is 0.407 e. The number of nitrogens with one attached hydrogen (secondary N) is 2. The Hall–Kier alpha value is -3.80. The molecule has 0 fully saturated rings. The number of ether oxygens (including phenoxy) is 1. The van der Waals surface area contributed by atoms with E-state index in [0.717, 1.165) is 16.8 Å². The van der Waals surface area contributed by atoms with Crippen molar-refractivity contribution in [3.05, 3.63) is 78.4 Å². The van der Waals surface area contributed by atoms with E-state index in [1.807, 2.05) is 68.4 Å². The van der Waals surface area contributed by atoms with E-state index in [9.17, 15) is 14.7 Å². The van der Waals surface area contributed by atoms with Crippen LogP contribution in [-0.2, 0) is 22.5 Å². The number of carbonyl (C=O) groups excluding carboxylic acids is 2. The predicted octanol–water partition coefficient (Wildman–Crippen LogP) is 1.41. The normalized spacial score (nSPS) is 13.7. The van der Waals surface area contributed by atoms with Gasteiger partial charge in [-0.2, -0.15) is 5.10 Å². The molecule has 1 heterocycles. The highest BCUT2D eigenvalue weighted by molar-refractivity contribution is 5.86. The van der Waals surface area contributed by atoms with Crippen LogP contribution in [0.15, 0.2) is 67.3 Å². The second-order valence-corrected chi connectivity index (χ2v) is 9.17. The number of aliphatic hydroxyl groups excluding tert-OH is 1. The number of hydrogen-bond donors (Lipinski definition) is 4. The Morgan fingerprint density at radius 3 is 2.38 bits per heavy atom. The lowest BCUT2D eigenvalue weighted by Gasteiger charge is -2.30. The number of benzene rings is 2. The quantitative estimate of drug-likeness (QED) is 0.212. The number of aromatic nitrogens is 3. The molecule has 198 valence electrons. The Kier molecular flexibility index (Phi) is 10.1. The summed E-state index contributed by atoms with van der Waals surface area (Å²) in [5.74, 6) is 5.65. The van der Waals surface area contributed by atoms with Crippen LogP contribution in [0, 0.1) is 5.92 Å². The third-order valence-electron chi connectivity index (χ3n) is 5.93. The van der Waals surface area contributed by atoms with Gasteiger partial charge in [0.05, 0.1) is 24.9 Å². The Bertz CT molecular complexity index is 1110. The number of nitrogens with two attached hydrogens (primary N) is 1. The number of methoxy groups -OCH3 is 1. The van der Waals surface area contributed by atoms with Crippen molar-refractivity contribution in [3.63, 3.8) is 0 Å².